The van der Waals surface area contributed by atoms with Crippen LogP contribution in [0.25, 0.3) is 0 Å². The van der Waals surface area contributed by atoms with Gasteiger partial charge in [0.1, 0.15) is 11.4 Å². The van der Waals surface area contributed by atoms with Gasteiger partial charge in [-0.3, -0.25) is 4.79 Å². The lowest BCUT2D eigenvalue weighted by Crippen LogP contribution is -2.16. The van der Waals surface area contributed by atoms with Crippen molar-refractivity contribution in [2.75, 3.05) is 12.4 Å². The van der Waals surface area contributed by atoms with Gasteiger partial charge in [-0.05, 0) is 48.9 Å². The predicted octanol–water partition coefficient (Wildman–Crippen LogP) is 7.14. The molecule has 5 nitrogen and oxygen atoms in total. The number of nitrogens with zero attached hydrogens (tertiary/aromatic N) is 2. The molecule has 34 heavy (non-hydrogen) atoms. The number of carbonyl (C=O) groups is 1. The minimum atomic E-state index is -0.307. The molecule has 1 amide bonds. The van der Waals surface area contributed by atoms with Crippen LogP contribution in [-0.4, -0.2) is 23.0 Å². The average molecular weight is 508 g/mol. The molecule has 4 aromatic rings. The van der Waals surface area contributed by atoms with Crippen LogP contribution in [0.5, 0.6) is 5.75 Å². The van der Waals surface area contributed by atoms with Crippen LogP contribution in [0, 0.1) is 6.92 Å². The van der Waals surface area contributed by atoms with Crippen molar-refractivity contribution < 1.29 is 9.53 Å². The van der Waals surface area contributed by atoms with Crippen LogP contribution >= 0.6 is 35.1 Å². The van der Waals surface area contributed by atoms with E-state index in [4.69, 9.17) is 16.3 Å². The van der Waals surface area contributed by atoms with Crippen LogP contribution in [0.4, 0.5) is 5.69 Å². The minimum Gasteiger partial charge on any atom is -0.497 e. The fourth-order valence-electron chi connectivity index (χ4n) is 3.01. The number of benzene rings is 3. The normalized spacial score (nSPS) is 10.7. The molecule has 4 rings (SSSR count). The summed E-state index contributed by atoms with van der Waals surface area (Å²) in [5.41, 5.74) is 3.22. The van der Waals surface area contributed by atoms with Crippen molar-refractivity contribution in [2.24, 2.45) is 0 Å². The first kappa shape index (κ1) is 24.1. The molecule has 1 N–H and O–H groups in total. The van der Waals surface area contributed by atoms with Crippen molar-refractivity contribution in [3.8, 4) is 5.75 Å². The Hall–Kier alpha value is -3.00. The fraction of sp³-hybridized carbons (Fsp3) is 0.115. The number of carbonyl (C=O) groups excluding carboxylic acids is 1. The molecule has 0 bridgehead atoms. The van der Waals surface area contributed by atoms with Gasteiger partial charge in [0, 0.05) is 33.6 Å². The number of aromatic nitrogens is 2. The number of hydrogen-bond acceptors (Lipinski definition) is 6. The number of hydrogen-bond donors (Lipinski definition) is 1. The van der Waals surface area contributed by atoms with E-state index >= 15 is 0 Å². The molecule has 0 aliphatic rings. The molecule has 0 spiro atoms. The number of methoxy groups -OCH3 is 1. The van der Waals surface area contributed by atoms with E-state index in [2.05, 4.69) is 15.3 Å². The largest absolute Gasteiger partial charge is 0.497 e. The Morgan fingerprint density at radius 1 is 1.06 bits per heavy atom. The van der Waals surface area contributed by atoms with Gasteiger partial charge in [0.15, 0.2) is 5.16 Å². The first-order valence-electron chi connectivity index (χ1n) is 10.4. The van der Waals surface area contributed by atoms with Gasteiger partial charge in [-0.1, -0.05) is 71.0 Å². The van der Waals surface area contributed by atoms with Crippen molar-refractivity contribution in [1.82, 2.24) is 9.97 Å². The second-order valence-corrected chi connectivity index (χ2v) is 9.88. The summed E-state index contributed by atoms with van der Waals surface area (Å²) in [4.78, 5) is 24.1. The monoisotopic (exact) mass is 507 g/mol. The molecule has 3 aromatic carbocycles. The number of aryl methyl sites for hydroxylation is 1. The smallest absolute Gasteiger partial charge is 0.275 e. The Labute approximate surface area is 212 Å². The van der Waals surface area contributed by atoms with E-state index in [0.29, 0.717) is 38.0 Å². The molecule has 0 aliphatic heterocycles. The van der Waals surface area contributed by atoms with Crippen molar-refractivity contribution >= 4 is 46.7 Å². The highest BCUT2D eigenvalue weighted by Gasteiger charge is 2.18. The number of rotatable bonds is 8. The van der Waals surface area contributed by atoms with Crippen molar-refractivity contribution in [2.45, 2.75) is 27.6 Å². The number of nitrogens with one attached hydrogen (secondary N) is 1. The molecule has 0 radical (unpaired) electrons. The summed E-state index contributed by atoms with van der Waals surface area (Å²) in [5.74, 6) is 1.02. The second-order valence-electron chi connectivity index (χ2n) is 7.38. The van der Waals surface area contributed by atoms with E-state index in [0.717, 1.165) is 10.5 Å². The molecule has 0 saturated carbocycles. The summed E-state index contributed by atoms with van der Waals surface area (Å²) < 4.78 is 5.26. The van der Waals surface area contributed by atoms with Gasteiger partial charge in [-0.25, -0.2) is 9.97 Å². The number of ether oxygens (including phenoxy) is 1. The van der Waals surface area contributed by atoms with Crippen LogP contribution in [0.15, 0.2) is 93.9 Å². The molecular formula is C26H22ClN3O2S2. The van der Waals surface area contributed by atoms with E-state index in [1.54, 1.807) is 19.4 Å². The van der Waals surface area contributed by atoms with Crippen molar-refractivity contribution in [3.63, 3.8) is 0 Å². The van der Waals surface area contributed by atoms with Crippen molar-refractivity contribution in [1.29, 1.82) is 0 Å². The van der Waals surface area contributed by atoms with E-state index in [1.807, 2.05) is 73.7 Å². The van der Waals surface area contributed by atoms with E-state index in [-0.39, 0.29) is 5.91 Å². The zero-order chi connectivity index (χ0) is 23.9. The molecule has 0 fully saturated rings. The highest BCUT2D eigenvalue weighted by Crippen LogP contribution is 2.32. The lowest BCUT2D eigenvalue weighted by molar-refractivity contribution is 0.101. The maximum Gasteiger partial charge on any atom is 0.275 e. The first-order chi connectivity index (χ1) is 16.5. The number of thioether (sulfide) groups is 1. The van der Waals surface area contributed by atoms with Gasteiger partial charge >= 0.3 is 0 Å². The highest BCUT2D eigenvalue weighted by molar-refractivity contribution is 7.99. The zero-order valence-electron chi connectivity index (χ0n) is 18.6. The number of halogens is 1. The summed E-state index contributed by atoms with van der Waals surface area (Å²) in [6.07, 6.45) is 1.71. The van der Waals surface area contributed by atoms with Gasteiger partial charge in [-0.15, -0.1) is 0 Å². The van der Waals surface area contributed by atoms with Crippen LogP contribution in [0.3, 0.4) is 0 Å². The average Bonchev–Trinajstić information content (AvgIpc) is 2.85. The summed E-state index contributed by atoms with van der Waals surface area (Å²) in [6.45, 7) is 2.04. The topological polar surface area (TPSA) is 64.1 Å². The molecular weight excluding hydrogens is 486 g/mol. The first-order valence-corrected chi connectivity index (χ1v) is 12.6. The van der Waals surface area contributed by atoms with E-state index < -0.39 is 0 Å². The summed E-state index contributed by atoms with van der Waals surface area (Å²) in [7, 11) is 1.59. The number of anilines is 1. The Balaban J connectivity index is 1.59. The second kappa shape index (κ2) is 11.4. The Morgan fingerprint density at radius 3 is 2.56 bits per heavy atom. The van der Waals surface area contributed by atoms with Crippen LogP contribution in [0.1, 0.15) is 21.6 Å². The van der Waals surface area contributed by atoms with Crippen LogP contribution in [-0.2, 0) is 5.75 Å². The molecule has 0 aliphatic carbocycles. The van der Waals surface area contributed by atoms with E-state index in [1.165, 1.54) is 29.1 Å². The Kier molecular flexibility index (Phi) is 8.11. The minimum absolute atomic E-state index is 0.307. The highest BCUT2D eigenvalue weighted by atomic mass is 35.5. The van der Waals surface area contributed by atoms with Crippen LogP contribution in [0.2, 0.25) is 5.02 Å². The quantitative estimate of drug-likeness (QED) is 0.202. The van der Waals surface area contributed by atoms with Crippen molar-refractivity contribution in [3.05, 3.63) is 101 Å². The molecule has 0 atom stereocenters. The van der Waals surface area contributed by atoms with Crippen LogP contribution < -0.4 is 10.1 Å². The van der Waals surface area contributed by atoms with Gasteiger partial charge in [0.2, 0.25) is 0 Å². The predicted molar refractivity (Wildman–Crippen MR) is 139 cm³/mol. The van der Waals surface area contributed by atoms with E-state index in [9.17, 15) is 4.79 Å². The number of amides is 1. The molecule has 172 valence electrons. The van der Waals surface area contributed by atoms with Gasteiger partial charge in [0.05, 0.1) is 12.0 Å². The Bertz CT molecular complexity index is 1280. The maximum absolute atomic E-state index is 13.3. The lowest BCUT2D eigenvalue weighted by Gasteiger charge is -2.11. The third-order valence-corrected chi connectivity index (χ3v) is 7.02. The lowest BCUT2D eigenvalue weighted by atomic mass is 10.2. The molecule has 0 saturated heterocycles. The van der Waals surface area contributed by atoms with Gasteiger partial charge < -0.3 is 10.1 Å². The SMILES string of the molecule is COc1cccc(NC(=O)c2nc(SCc3ccc(Cl)cc3)ncc2Sc2ccc(C)cc2)c1. The summed E-state index contributed by atoms with van der Waals surface area (Å²) in [6, 6.07) is 23.0. The maximum atomic E-state index is 13.3. The third kappa shape index (κ3) is 6.53. The van der Waals surface area contributed by atoms with Gasteiger partial charge in [-0.2, -0.15) is 0 Å². The fourth-order valence-corrected chi connectivity index (χ4v) is 4.78. The molecule has 1 aromatic heterocycles. The standard InChI is InChI=1S/C26H22ClN3O2S2/c1-17-6-12-22(13-7-17)34-23-15-28-26(33-16-18-8-10-19(27)11-9-18)30-24(23)25(31)29-20-4-3-5-21(14-20)32-2/h3-15H,16H2,1-2H3,(H,29,31). The molecule has 0 unspecified atom stereocenters. The molecule has 1 heterocycles. The third-order valence-electron chi connectivity index (χ3n) is 4.81. The summed E-state index contributed by atoms with van der Waals surface area (Å²) in [5, 5.41) is 4.15. The Morgan fingerprint density at radius 2 is 1.82 bits per heavy atom. The van der Waals surface area contributed by atoms with Gasteiger partial charge in [0.25, 0.3) is 5.91 Å². The molecule has 8 heteroatoms. The zero-order valence-corrected chi connectivity index (χ0v) is 21.0. The summed E-state index contributed by atoms with van der Waals surface area (Å²) >= 11 is 8.90.